The Balaban J connectivity index is 2.24. The zero-order valence-corrected chi connectivity index (χ0v) is 28.1. The van der Waals surface area contributed by atoms with E-state index in [4.69, 9.17) is 0 Å². The van der Waals surface area contributed by atoms with Crippen LogP contribution in [-0.2, 0) is 22.4 Å². The summed E-state index contributed by atoms with van der Waals surface area (Å²) in [6.07, 6.45) is 11.5. The second-order valence-electron chi connectivity index (χ2n) is 12.0. The lowest BCUT2D eigenvalue weighted by Crippen LogP contribution is -2.58. The minimum absolute atomic E-state index is 0.0784. The minimum atomic E-state index is -1.61. The molecule has 0 atom stereocenters. The molecule has 2 rings (SSSR count). The summed E-state index contributed by atoms with van der Waals surface area (Å²) in [6, 6.07) is 9.73. The van der Waals surface area contributed by atoms with Crippen molar-refractivity contribution in [1.29, 1.82) is 0 Å². The minimum Gasteiger partial charge on any atom is -0.507 e. The second kappa shape index (κ2) is 20.1. The van der Waals surface area contributed by atoms with Crippen molar-refractivity contribution in [2.24, 2.45) is 5.41 Å². The number of aryl methyl sites for hydroxylation is 2. The van der Waals surface area contributed by atoms with E-state index in [1.165, 1.54) is 12.1 Å². The highest BCUT2D eigenvalue weighted by Gasteiger charge is 2.44. The Kier molecular flexibility index (Phi) is 16.7. The normalized spacial score (nSPS) is 11.1. The summed E-state index contributed by atoms with van der Waals surface area (Å²) in [6.45, 7) is 7.96. The third kappa shape index (κ3) is 10.8. The van der Waals surface area contributed by atoms with E-state index in [1.54, 1.807) is 31.2 Å². The Morgan fingerprint density at radius 3 is 1.39 bits per heavy atom. The van der Waals surface area contributed by atoms with Crippen molar-refractivity contribution in [2.45, 2.75) is 124 Å². The maximum absolute atomic E-state index is 13.7. The first-order valence-corrected chi connectivity index (χ1v) is 17.0. The Hall–Kier alpha value is -4.08. The van der Waals surface area contributed by atoms with Gasteiger partial charge in [0.1, 0.15) is 16.9 Å². The van der Waals surface area contributed by atoms with Crippen molar-refractivity contribution in [2.75, 3.05) is 0 Å². The third-order valence-corrected chi connectivity index (χ3v) is 8.57. The van der Waals surface area contributed by atoms with Crippen molar-refractivity contribution in [1.82, 2.24) is 21.7 Å². The van der Waals surface area contributed by atoms with Crippen molar-refractivity contribution in [3.05, 3.63) is 58.7 Å². The number of carbonyl (C=O) groups is 4. The standard InChI is InChI=1S/C36H54N4O6/c1-5-9-12-13-16-25-36(8-4,34(45)39-37-32(43)30-26(19-14-10-6-2)21-17-23-28(30)41)35(46)40-38-33(44)31-27(20-15-11-7-3)22-18-24-29(31)42/h17-18,21-24,41-42H,5-16,19-20,25H2,1-4H3,(H,37,43)(H,38,44)(H,39,45)(H,40,46). The van der Waals surface area contributed by atoms with E-state index in [9.17, 15) is 29.4 Å². The van der Waals surface area contributed by atoms with Gasteiger partial charge in [-0.2, -0.15) is 0 Å². The molecule has 2 aromatic carbocycles. The lowest BCUT2D eigenvalue weighted by atomic mass is 9.78. The fourth-order valence-electron chi connectivity index (χ4n) is 5.69. The summed E-state index contributed by atoms with van der Waals surface area (Å²) in [5, 5.41) is 21.0. The van der Waals surface area contributed by atoms with Gasteiger partial charge in [0.05, 0.1) is 11.1 Å². The van der Waals surface area contributed by atoms with Crippen LogP contribution in [0, 0.1) is 5.41 Å². The molecule has 0 radical (unpaired) electrons. The molecule has 0 aliphatic carbocycles. The quantitative estimate of drug-likeness (QED) is 0.0583. The van der Waals surface area contributed by atoms with E-state index in [-0.39, 0.29) is 35.5 Å². The second-order valence-corrected chi connectivity index (χ2v) is 12.0. The molecule has 4 amide bonds. The van der Waals surface area contributed by atoms with Gasteiger partial charge in [-0.25, -0.2) is 0 Å². The summed E-state index contributed by atoms with van der Waals surface area (Å²) in [4.78, 5) is 53.9. The molecule has 0 aromatic heterocycles. The highest BCUT2D eigenvalue weighted by Crippen LogP contribution is 2.31. The number of hydrogen-bond donors (Lipinski definition) is 6. The molecule has 0 aliphatic rings. The van der Waals surface area contributed by atoms with Crippen LogP contribution in [0.3, 0.4) is 0 Å². The summed E-state index contributed by atoms with van der Waals surface area (Å²) in [5.41, 5.74) is 9.55. The van der Waals surface area contributed by atoms with Crippen LogP contribution in [0.2, 0.25) is 0 Å². The molecule has 2 aromatic rings. The molecule has 0 fully saturated rings. The van der Waals surface area contributed by atoms with Crippen molar-refractivity contribution in [3.8, 4) is 11.5 Å². The summed E-state index contributed by atoms with van der Waals surface area (Å²) in [7, 11) is 0. The Morgan fingerprint density at radius 2 is 0.978 bits per heavy atom. The predicted molar refractivity (Wildman–Crippen MR) is 180 cm³/mol. The highest BCUT2D eigenvalue weighted by molar-refractivity contribution is 6.07. The van der Waals surface area contributed by atoms with E-state index in [1.807, 2.05) is 0 Å². The van der Waals surface area contributed by atoms with Crippen molar-refractivity contribution < 1.29 is 29.4 Å². The van der Waals surface area contributed by atoms with Gasteiger partial charge in [0, 0.05) is 0 Å². The van der Waals surface area contributed by atoms with Crippen LogP contribution >= 0.6 is 0 Å². The number of rotatable bonds is 19. The molecule has 0 unspecified atom stereocenters. The average Bonchev–Trinajstić information content (AvgIpc) is 3.04. The van der Waals surface area contributed by atoms with Crippen molar-refractivity contribution >= 4 is 23.6 Å². The molecule has 6 N–H and O–H groups in total. The maximum Gasteiger partial charge on any atom is 0.273 e. The molecule has 46 heavy (non-hydrogen) atoms. The van der Waals surface area contributed by atoms with Crippen LogP contribution < -0.4 is 21.7 Å². The fraction of sp³-hybridized carbons (Fsp3) is 0.556. The number of unbranched alkanes of at least 4 members (excludes halogenated alkanes) is 8. The van der Waals surface area contributed by atoms with Gasteiger partial charge in [0.25, 0.3) is 23.6 Å². The maximum atomic E-state index is 13.7. The monoisotopic (exact) mass is 638 g/mol. The first-order valence-electron chi connectivity index (χ1n) is 17.0. The zero-order chi connectivity index (χ0) is 34.0. The lowest BCUT2D eigenvalue weighted by Gasteiger charge is -2.30. The molecule has 10 nitrogen and oxygen atoms in total. The number of phenols is 2. The van der Waals surface area contributed by atoms with Crippen LogP contribution in [0.5, 0.6) is 11.5 Å². The number of amides is 4. The number of aromatic hydroxyl groups is 2. The van der Waals surface area contributed by atoms with Crippen LogP contribution in [-0.4, -0.2) is 33.8 Å². The Bertz CT molecular complexity index is 1210. The van der Waals surface area contributed by atoms with Gasteiger partial charge in [-0.3, -0.25) is 40.9 Å². The molecule has 0 heterocycles. The molecular formula is C36H54N4O6. The summed E-state index contributed by atoms with van der Waals surface area (Å²) >= 11 is 0. The van der Waals surface area contributed by atoms with Crippen LogP contribution in [0.15, 0.2) is 36.4 Å². The summed E-state index contributed by atoms with van der Waals surface area (Å²) < 4.78 is 0. The van der Waals surface area contributed by atoms with Gasteiger partial charge in [0.15, 0.2) is 0 Å². The van der Waals surface area contributed by atoms with Gasteiger partial charge in [-0.05, 0) is 61.8 Å². The van der Waals surface area contributed by atoms with Gasteiger partial charge in [0.2, 0.25) is 0 Å². The topological polar surface area (TPSA) is 157 Å². The number of carbonyl (C=O) groups excluding carboxylic acids is 4. The van der Waals surface area contributed by atoms with Gasteiger partial charge in [-0.15, -0.1) is 0 Å². The van der Waals surface area contributed by atoms with Crippen LogP contribution in [0.4, 0.5) is 0 Å². The predicted octanol–water partition coefficient (Wildman–Crippen LogP) is 6.54. The van der Waals surface area contributed by atoms with Crippen LogP contribution in [0.1, 0.15) is 143 Å². The van der Waals surface area contributed by atoms with E-state index in [0.717, 1.165) is 64.2 Å². The molecule has 0 saturated heterocycles. The third-order valence-electron chi connectivity index (χ3n) is 8.57. The van der Waals surface area contributed by atoms with Crippen molar-refractivity contribution in [3.63, 3.8) is 0 Å². The number of benzene rings is 2. The molecule has 0 saturated carbocycles. The first kappa shape index (κ1) is 38.1. The average molecular weight is 639 g/mol. The Labute approximate surface area is 274 Å². The smallest absolute Gasteiger partial charge is 0.273 e. The van der Waals surface area contributed by atoms with E-state index in [2.05, 4.69) is 42.5 Å². The highest BCUT2D eigenvalue weighted by atomic mass is 16.3. The molecule has 0 aliphatic heterocycles. The van der Waals surface area contributed by atoms with E-state index < -0.39 is 29.0 Å². The lowest BCUT2D eigenvalue weighted by molar-refractivity contribution is -0.145. The van der Waals surface area contributed by atoms with Gasteiger partial charge in [-0.1, -0.05) is 110 Å². The first-order chi connectivity index (χ1) is 22.2. The Morgan fingerprint density at radius 1 is 0.565 bits per heavy atom. The van der Waals surface area contributed by atoms with E-state index >= 15 is 0 Å². The van der Waals surface area contributed by atoms with E-state index in [0.29, 0.717) is 30.4 Å². The number of hydrazine groups is 2. The molecule has 254 valence electrons. The summed E-state index contributed by atoms with van der Waals surface area (Å²) in [5.74, 6) is -3.22. The number of nitrogens with one attached hydrogen (secondary N) is 4. The molecule has 0 bridgehead atoms. The number of hydrogen-bond acceptors (Lipinski definition) is 6. The SMILES string of the molecule is CCCCCCCC(CC)(C(=O)NNC(=O)c1c(O)cccc1CCCCC)C(=O)NNC(=O)c1c(O)cccc1CCCCC. The van der Waals surface area contributed by atoms with Crippen LogP contribution in [0.25, 0.3) is 0 Å². The van der Waals surface area contributed by atoms with Gasteiger partial charge >= 0.3 is 0 Å². The molecule has 10 heteroatoms. The molecular weight excluding hydrogens is 584 g/mol. The number of phenolic OH excluding ortho intramolecular Hbond substituents is 2. The zero-order valence-electron chi connectivity index (χ0n) is 28.1. The van der Waals surface area contributed by atoms with Gasteiger partial charge < -0.3 is 10.2 Å². The largest absolute Gasteiger partial charge is 0.507 e. The fourth-order valence-corrected chi connectivity index (χ4v) is 5.69. The molecule has 0 spiro atoms.